The van der Waals surface area contributed by atoms with Crippen LogP contribution in [0.4, 0.5) is 0 Å². The van der Waals surface area contributed by atoms with Crippen molar-refractivity contribution < 1.29 is 0 Å². The number of hydrogen-bond acceptors (Lipinski definition) is 1. The zero-order valence-electron chi connectivity index (χ0n) is 9.13. The van der Waals surface area contributed by atoms with E-state index in [1.807, 2.05) is 11.4 Å². The highest BCUT2D eigenvalue weighted by Crippen LogP contribution is 2.40. The van der Waals surface area contributed by atoms with Crippen LogP contribution in [-0.2, 0) is 0 Å². The number of alkyl halides is 1. The Kier molecular flexibility index (Phi) is 3.73. The van der Waals surface area contributed by atoms with Crippen LogP contribution in [0, 0.1) is 13.8 Å². The van der Waals surface area contributed by atoms with E-state index in [-0.39, 0.29) is 4.83 Å². The predicted molar refractivity (Wildman–Crippen MR) is 76.0 cm³/mol. The van der Waals surface area contributed by atoms with Crippen molar-refractivity contribution in [1.82, 2.24) is 0 Å². The van der Waals surface area contributed by atoms with Gasteiger partial charge in [-0.1, -0.05) is 45.7 Å². The molecule has 0 amide bonds. The Balaban J connectivity index is 2.46. The maximum Gasteiger partial charge on any atom is 0.0755 e. The van der Waals surface area contributed by atoms with E-state index in [1.165, 1.54) is 21.6 Å². The van der Waals surface area contributed by atoms with E-state index in [0.717, 1.165) is 5.02 Å². The fourth-order valence-electron chi connectivity index (χ4n) is 1.68. The first-order valence-corrected chi connectivity index (χ1v) is 7.21. The van der Waals surface area contributed by atoms with Crippen molar-refractivity contribution in [2.75, 3.05) is 0 Å². The molecule has 2 aromatic rings. The first kappa shape index (κ1) is 12.2. The number of hydrogen-bond donors (Lipinski definition) is 0. The lowest BCUT2D eigenvalue weighted by Gasteiger charge is -2.14. The summed E-state index contributed by atoms with van der Waals surface area (Å²) in [5, 5.41) is 2.87. The Morgan fingerprint density at radius 2 is 2.00 bits per heavy atom. The summed E-state index contributed by atoms with van der Waals surface area (Å²) in [6.07, 6.45) is 0. The highest BCUT2D eigenvalue weighted by Gasteiger charge is 2.17. The zero-order valence-corrected chi connectivity index (χ0v) is 12.3. The van der Waals surface area contributed by atoms with Gasteiger partial charge in [0.25, 0.3) is 0 Å². The lowest BCUT2D eigenvalue weighted by Crippen LogP contribution is -1.95. The van der Waals surface area contributed by atoms with Gasteiger partial charge in [-0.2, -0.15) is 0 Å². The molecule has 2 rings (SSSR count). The van der Waals surface area contributed by atoms with Crippen LogP contribution in [0.2, 0.25) is 5.02 Å². The van der Waals surface area contributed by atoms with Gasteiger partial charge >= 0.3 is 0 Å². The van der Waals surface area contributed by atoms with Gasteiger partial charge in [-0.25, -0.2) is 0 Å². The topological polar surface area (TPSA) is 0 Å². The summed E-state index contributed by atoms with van der Waals surface area (Å²) in [4.78, 5) is 1.37. The largest absolute Gasteiger partial charge is 0.146 e. The molecule has 1 heterocycles. The van der Waals surface area contributed by atoms with Gasteiger partial charge in [-0.15, -0.1) is 11.3 Å². The summed E-state index contributed by atoms with van der Waals surface area (Å²) in [6, 6.07) is 8.32. The maximum absolute atomic E-state index is 6.16. The Morgan fingerprint density at radius 1 is 1.25 bits per heavy atom. The molecule has 0 radical (unpaired) electrons. The van der Waals surface area contributed by atoms with Gasteiger partial charge in [0, 0.05) is 4.88 Å². The summed E-state index contributed by atoms with van der Waals surface area (Å²) in [5.74, 6) is 0. The standard InChI is InChI=1S/C13H12BrClS/c1-8-4-3-5-10(9(8)2)12(14)13-11(15)6-7-16-13/h3-7,12H,1-2H3. The number of thiophene rings is 1. The smallest absolute Gasteiger partial charge is 0.0755 e. The fraction of sp³-hybridized carbons (Fsp3) is 0.231. The molecule has 0 spiro atoms. The minimum atomic E-state index is 0.194. The molecular weight excluding hydrogens is 304 g/mol. The summed E-state index contributed by atoms with van der Waals surface area (Å²) < 4.78 is 0. The Hall–Kier alpha value is -0.310. The fourth-order valence-corrected chi connectivity index (χ4v) is 4.03. The van der Waals surface area contributed by atoms with Crippen LogP contribution in [0.15, 0.2) is 29.6 Å². The maximum atomic E-state index is 6.16. The van der Waals surface area contributed by atoms with Crippen LogP contribution in [0.25, 0.3) is 0 Å². The number of aryl methyl sites for hydroxylation is 1. The molecule has 0 nitrogen and oxygen atoms in total. The lowest BCUT2D eigenvalue weighted by atomic mass is 10.0. The van der Waals surface area contributed by atoms with Crippen molar-refractivity contribution in [3.63, 3.8) is 0 Å². The SMILES string of the molecule is Cc1cccc(C(Br)c2sccc2Cl)c1C. The van der Waals surface area contributed by atoms with Gasteiger partial charge in [0.2, 0.25) is 0 Å². The zero-order chi connectivity index (χ0) is 11.7. The van der Waals surface area contributed by atoms with E-state index >= 15 is 0 Å². The van der Waals surface area contributed by atoms with Crippen molar-refractivity contribution in [2.24, 2.45) is 0 Å². The van der Waals surface area contributed by atoms with Gasteiger partial charge < -0.3 is 0 Å². The van der Waals surface area contributed by atoms with Crippen LogP contribution in [0.3, 0.4) is 0 Å². The average Bonchev–Trinajstić information content (AvgIpc) is 2.68. The molecule has 0 aliphatic carbocycles. The highest BCUT2D eigenvalue weighted by molar-refractivity contribution is 9.09. The van der Waals surface area contributed by atoms with Gasteiger partial charge in [-0.3, -0.25) is 0 Å². The molecule has 0 saturated carbocycles. The van der Waals surface area contributed by atoms with Gasteiger partial charge in [0.05, 0.1) is 9.85 Å². The number of benzene rings is 1. The van der Waals surface area contributed by atoms with Crippen LogP contribution < -0.4 is 0 Å². The van der Waals surface area contributed by atoms with Crippen molar-refractivity contribution in [3.8, 4) is 0 Å². The molecule has 0 aliphatic rings. The second kappa shape index (κ2) is 4.91. The quantitative estimate of drug-likeness (QED) is 0.642. The molecule has 16 heavy (non-hydrogen) atoms. The van der Waals surface area contributed by atoms with E-state index in [9.17, 15) is 0 Å². The summed E-state index contributed by atoms with van der Waals surface area (Å²) in [5.41, 5.74) is 3.94. The molecule has 1 aromatic heterocycles. The summed E-state index contributed by atoms with van der Waals surface area (Å²) in [6.45, 7) is 4.29. The molecule has 0 saturated heterocycles. The third-order valence-corrected chi connectivity index (χ3v) is 5.47. The first-order chi connectivity index (χ1) is 7.61. The van der Waals surface area contributed by atoms with E-state index in [4.69, 9.17) is 11.6 Å². The second-order valence-electron chi connectivity index (χ2n) is 3.78. The predicted octanol–water partition coefficient (Wildman–Crippen LogP) is 5.50. The molecule has 3 heteroatoms. The van der Waals surface area contributed by atoms with Crippen molar-refractivity contribution >= 4 is 38.9 Å². The minimum Gasteiger partial charge on any atom is -0.146 e. The van der Waals surface area contributed by atoms with Crippen LogP contribution in [-0.4, -0.2) is 0 Å². The Bertz CT molecular complexity index is 504. The van der Waals surface area contributed by atoms with Crippen molar-refractivity contribution in [2.45, 2.75) is 18.7 Å². The van der Waals surface area contributed by atoms with Crippen molar-refractivity contribution in [1.29, 1.82) is 0 Å². The Labute approximate surface area is 113 Å². The van der Waals surface area contributed by atoms with E-state index in [2.05, 4.69) is 48.0 Å². The first-order valence-electron chi connectivity index (χ1n) is 5.04. The highest BCUT2D eigenvalue weighted by atomic mass is 79.9. The minimum absolute atomic E-state index is 0.194. The normalized spacial score (nSPS) is 12.8. The third-order valence-electron chi connectivity index (χ3n) is 2.79. The monoisotopic (exact) mass is 314 g/mol. The molecule has 0 fully saturated rings. The molecule has 84 valence electrons. The van der Waals surface area contributed by atoms with Crippen LogP contribution >= 0.6 is 38.9 Å². The summed E-state index contributed by atoms with van der Waals surface area (Å²) >= 11 is 11.6. The molecule has 0 N–H and O–H groups in total. The molecule has 1 aromatic carbocycles. The van der Waals surface area contributed by atoms with Crippen LogP contribution in [0.1, 0.15) is 26.4 Å². The second-order valence-corrected chi connectivity index (χ2v) is 6.06. The van der Waals surface area contributed by atoms with Gasteiger partial charge in [-0.05, 0) is 42.0 Å². The Morgan fingerprint density at radius 3 is 2.62 bits per heavy atom. The lowest BCUT2D eigenvalue weighted by molar-refractivity contribution is 1.15. The number of rotatable bonds is 2. The molecular formula is C13H12BrClS. The average molecular weight is 316 g/mol. The summed E-state index contributed by atoms with van der Waals surface area (Å²) in [7, 11) is 0. The molecule has 1 unspecified atom stereocenters. The van der Waals surface area contributed by atoms with Crippen molar-refractivity contribution in [3.05, 3.63) is 56.2 Å². The molecule has 0 bridgehead atoms. The van der Waals surface area contributed by atoms with E-state index in [1.54, 1.807) is 11.3 Å². The molecule has 1 atom stereocenters. The van der Waals surface area contributed by atoms with E-state index < -0.39 is 0 Å². The van der Waals surface area contributed by atoms with Crippen LogP contribution in [0.5, 0.6) is 0 Å². The van der Waals surface area contributed by atoms with Gasteiger partial charge in [0.1, 0.15) is 0 Å². The third kappa shape index (κ3) is 2.20. The van der Waals surface area contributed by atoms with Gasteiger partial charge in [0.15, 0.2) is 0 Å². The van der Waals surface area contributed by atoms with E-state index in [0.29, 0.717) is 0 Å². The number of halogens is 2. The molecule has 0 aliphatic heterocycles.